The molecule has 1 aromatic heterocycles. The third-order valence-corrected chi connectivity index (χ3v) is 1.62. The van der Waals surface area contributed by atoms with Gasteiger partial charge >= 0.3 is 0 Å². The fraction of sp³-hybridized carbons (Fsp3) is 0.222. The molecule has 0 saturated heterocycles. The standard InChI is InChI=1S/C9H9ClN4O/c1-2-3-11-5-9(15)14-8-4-7(10)12-6-13-8/h1,4,6,11H,3,5H2,(H,12,13,14,15). The zero-order chi connectivity index (χ0) is 11.1. The zero-order valence-electron chi connectivity index (χ0n) is 7.83. The Morgan fingerprint density at radius 3 is 3.07 bits per heavy atom. The molecular weight excluding hydrogens is 216 g/mol. The molecule has 1 rings (SSSR count). The molecule has 0 aliphatic carbocycles. The molecule has 0 aliphatic heterocycles. The van der Waals surface area contributed by atoms with Crippen LogP contribution in [0, 0.1) is 12.3 Å². The van der Waals surface area contributed by atoms with Crippen molar-refractivity contribution in [3.63, 3.8) is 0 Å². The quantitative estimate of drug-likeness (QED) is 0.438. The molecule has 0 fully saturated rings. The number of amides is 1. The maximum absolute atomic E-state index is 11.3. The van der Waals surface area contributed by atoms with E-state index in [4.69, 9.17) is 18.0 Å². The summed E-state index contributed by atoms with van der Waals surface area (Å²) in [4.78, 5) is 18.7. The Kier molecular flexibility index (Phi) is 4.54. The molecule has 0 aliphatic rings. The fourth-order valence-corrected chi connectivity index (χ4v) is 0.984. The largest absolute Gasteiger partial charge is 0.309 e. The Balaban J connectivity index is 2.42. The number of halogens is 1. The molecule has 1 heterocycles. The first-order valence-electron chi connectivity index (χ1n) is 4.14. The number of anilines is 1. The fourth-order valence-electron chi connectivity index (χ4n) is 0.837. The van der Waals surface area contributed by atoms with E-state index in [1.807, 2.05) is 0 Å². The molecule has 0 spiro atoms. The van der Waals surface area contributed by atoms with Gasteiger partial charge < -0.3 is 5.32 Å². The van der Waals surface area contributed by atoms with Gasteiger partial charge in [0.1, 0.15) is 17.3 Å². The lowest BCUT2D eigenvalue weighted by atomic mass is 10.5. The zero-order valence-corrected chi connectivity index (χ0v) is 8.58. The summed E-state index contributed by atoms with van der Waals surface area (Å²) in [5.41, 5.74) is 0. The minimum absolute atomic E-state index is 0.131. The molecule has 15 heavy (non-hydrogen) atoms. The van der Waals surface area contributed by atoms with Crippen LogP contribution in [0.25, 0.3) is 0 Å². The van der Waals surface area contributed by atoms with Gasteiger partial charge in [-0.1, -0.05) is 17.5 Å². The first-order valence-corrected chi connectivity index (χ1v) is 4.51. The second-order valence-corrected chi connectivity index (χ2v) is 2.97. The molecular formula is C9H9ClN4O. The van der Waals surface area contributed by atoms with E-state index in [1.54, 1.807) is 0 Å². The molecule has 78 valence electrons. The highest BCUT2D eigenvalue weighted by Crippen LogP contribution is 2.07. The van der Waals surface area contributed by atoms with E-state index >= 15 is 0 Å². The smallest absolute Gasteiger partial charge is 0.239 e. The minimum Gasteiger partial charge on any atom is -0.309 e. The highest BCUT2D eigenvalue weighted by atomic mass is 35.5. The number of carbonyl (C=O) groups excluding carboxylic acids is 1. The number of nitrogens with one attached hydrogen (secondary N) is 2. The molecule has 0 aromatic carbocycles. The van der Waals surface area contributed by atoms with Gasteiger partial charge in [0.25, 0.3) is 0 Å². The molecule has 6 heteroatoms. The molecule has 0 bridgehead atoms. The maximum atomic E-state index is 11.3. The molecule has 1 amide bonds. The van der Waals surface area contributed by atoms with Crippen LogP contribution in [0.15, 0.2) is 12.4 Å². The maximum Gasteiger partial charge on any atom is 0.239 e. The van der Waals surface area contributed by atoms with Gasteiger partial charge in [0.15, 0.2) is 0 Å². The second-order valence-electron chi connectivity index (χ2n) is 2.58. The van der Waals surface area contributed by atoms with E-state index in [9.17, 15) is 4.79 Å². The average Bonchev–Trinajstić information content (AvgIpc) is 2.18. The van der Waals surface area contributed by atoms with Crippen molar-refractivity contribution in [3.8, 4) is 12.3 Å². The Hall–Kier alpha value is -1.64. The summed E-state index contributed by atoms with van der Waals surface area (Å²) < 4.78 is 0. The van der Waals surface area contributed by atoms with Gasteiger partial charge in [-0.05, 0) is 0 Å². The van der Waals surface area contributed by atoms with Crippen LogP contribution in [0.5, 0.6) is 0 Å². The Bertz CT molecular complexity index is 388. The van der Waals surface area contributed by atoms with Crippen LogP contribution in [-0.2, 0) is 4.79 Å². The predicted octanol–water partition coefficient (Wildman–Crippen LogP) is 0.291. The van der Waals surface area contributed by atoms with Gasteiger partial charge in [-0.15, -0.1) is 6.42 Å². The summed E-state index contributed by atoms with van der Waals surface area (Å²) in [6.07, 6.45) is 6.28. The van der Waals surface area contributed by atoms with Crippen molar-refractivity contribution in [2.24, 2.45) is 0 Å². The summed E-state index contributed by atoms with van der Waals surface area (Å²) in [7, 11) is 0. The predicted molar refractivity (Wildman–Crippen MR) is 57.4 cm³/mol. The topological polar surface area (TPSA) is 66.9 Å². The Labute approximate surface area is 92.3 Å². The highest BCUT2D eigenvalue weighted by Gasteiger charge is 2.02. The van der Waals surface area contributed by atoms with Crippen LogP contribution >= 0.6 is 11.6 Å². The lowest BCUT2D eigenvalue weighted by molar-refractivity contribution is -0.115. The molecule has 1 aromatic rings. The first-order chi connectivity index (χ1) is 7.22. The lowest BCUT2D eigenvalue weighted by Gasteiger charge is -2.03. The summed E-state index contributed by atoms with van der Waals surface area (Å²) in [6, 6.07) is 1.46. The summed E-state index contributed by atoms with van der Waals surface area (Å²) in [5.74, 6) is 2.49. The van der Waals surface area contributed by atoms with E-state index in [2.05, 4.69) is 26.5 Å². The number of nitrogens with zero attached hydrogens (tertiary/aromatic N) is 2. The summed E-state index contributed by atoms with van der Waals surface area (Å²) in [5, 5.41) is 5.56. The Morgan fingerprint density at radius 2 is 2.40 bits per heavy atom. The van der Waals surface area contributed by atoms with Gasteiger partial charge in [0, 0.05) is 6.07 Å². The lowest BCUT2D eigenvalue weighted by Crippen LogP contribution is -2.28. The van der Waals surface area contributed by atoms with Gasteiger partial charge in [-0.25, -0.2) is 9.97 Å². The monoisotopic (exact) mass is 224 g/mol. The molecule has 0 atom stereocenters. The van der Waals surface area contributed by atoms with Crippen LogP contribution in [0.1, 0.15) is 0 Å². The van der Waals surface area contributed by atoms with Crippen molar-refractivity contribution < 1.29 is 4.79 Å². The van der Waals surface area contributed by atoms with Crippen LogP contribution in [0.2, 0.25) is 5.15 Å². The third-order valence-electron chi connectivity index (χ3n) is 1.41. The van der Waals surface area contributed by atoms with E-state index in [0.29, 0.717) is 12.4 Å². The van der Waals surface area contributed by atoms with E-state index < -0.39 is 0 Å². The van der Waals surface area contributed by atoms with Crippen molar-refractivity contribution in [2.45, 2.75) is 0 Å². The second kappa shape index (κ2) is 5.96. The minimum atomic E-state index is -0.236. The van der Waals surface area contributed by atoms with E-state index in [-0.39, 0.29) is 17.6 Å². The molecule has 5 nitrogen and oxygen atoms in total. The molecule has 0 saturated carbocycles. The summed E-state index contributed by atoms with van der Waals surface area (Å²) in [6.45, 7) is 0.476. The third kappa shape index (κ3) is 4.40. The van der Waals surface area contributed by atoms with E-state index in [1.165, 1.54) is 12.4 Å². The van der Waals surface area contributed by atoms with Gasteiger partial charge in [0.2, 0.25) is 5.91 Å². The van der Waals surface area contributed by atoms with E-state index in [0.717, 1.165) is 0 Å². The number of hydrogen-bond acceptors (Lipinski definition) is 4. The van der Waals surface area contributed by atoms with Crippen molar-refractivity contribution in [3.05, 3.63) is 17.5 Å². The number of hydrogen-bond donors (Lipinski definition) is 2. The van der Waals surface area contributed by atoms with Crippen LogP contribution < -0.4 is 10.6 Å². The van der Waals surface area contributed by atoms with Crippen LogP contribution in [-0.4, -0.2) is 29.0 Å². The molecule has 2 N–H and O–H groups in total. The summed E-state index contributed by atoms with van der Waals surface area (Å²) >= 11 is 5.61. The van der Waals surface area contributed by atoms with Crippen LogP contribution in [0.3, 0.4) is 0 Å². The van der Waals surface area contributed by atoms with Gasteiger partial charge in [-0.2, -0.15) is 0 Å². The number of rotatable bonds is 4. The van der Waals surface area contributed by atoms with Gasteiger partial charge in [0.05, 0.1) is 13.1 Å². The number of carbonyl (C=O) groups is 1. The molecule has 0 unspecified atom stereocenters. The van der Waals surface area contributed by atoms with Crippen molar-refractivity contribution in [1.29, 1.82) is 0 Å². The van der Waals surface area contributed by atoms with Crippen molar-refractivity contribution >= 4 is 23.3 Å². The normalized spacial score (nSPS) is 9.33. The SMILES string of the molecule is C#CCNCC(=O)Nc1cc(Cl)ncn1. The van der Waals surface area contributed by atoms with Crippen molar-refractivity contribution in [2.75, 3.05) is 18.4 Å². The number of aromatic nitrogens is 2. The van der Waals surface area contributed by atoms with Gasteiger partial charge in [-0.3, -0.25) is 10.1 Å². The highest BCUT2D eigenvalue weighted by molar-refractivity contribution is 6.29. The first kappa shape index (κ1) is 11.4. The average molecular weight is 225 g/mol. The molecule has 0 radical (unpaired) electrons. The number of terminal acetylenes is 1. The Morgan fingerprint density at radius 1 is 1.60 bits per heavy atom. The van der Waals surface area contributed by atoms with Crippen LogP contribution in [0.4, 0.5) is 5.82 Å². The van der Waals surface area contributed by atoms with Crippen molar-refractivity contribution in [1.82, 2.24) is 15.3 Å².